The number of amides is 1. The lowest BCUT2D eigenvalue weighted by molar-refractivity contribution is -0.0436. The van der Waals surface area contributed by atoms with E-state index in [2.05, 4.69) is 5.10 Å². The predicted octanol–water partition coefficient (Wildman–Crippen LogP) is 1.97. The summed E-state index contributed by atoms with van der Waals surface area (Å²) in [6.07, 6.45) is 3.86. The number of aliphatic hydroxyl groups excluding tert-OH is 1. The maximum absolute atomic E-state index is 13.3. The van der Waals surface area contributed by atoms with Gasteiger partial charge in [-0.25, -0.2) is 0 Å². The number of ether oxygens (including phenoxy) is 1. The van der Waals surface area contributed by atoms with Crippen LogP contribution >= 0.6 is 0 Å². The number of rotatable bonds is 2. The number of likely N-dealkylation sites (tertiary alicyclic amines) is 1. The number of carbonyl (C=O) groups is 1. The number of fused-ring (bicyclic) bond motifs is 1. The monoisotopic (exact) mass is 343 g/mol. The number of piperidine rings is 1. The lowest BCUT2D eigenvalue weighted by atomic mass is 9.72. The molecule has 2 aliphatic heterocycles. The first-order chi connectivity index (χ1) is 12.1. The lowest BCUT2D eigenvalue weighted by Gasteiger charge is -2.48. The minimum absolute atomic E-state index is 0.00306. The second-order valence-electron chi connectivity index (χ2n) is 7.41. The van der Waals surface area contributed by atoms with E-state index >= 15 is 0 Å². The van der Waals surface area contributed by atoms with Crippen LogP contribution in [0.1, 0.15) is 36.2 Å². The smallest absolute Gasteiger partial charge is 0.275 e. The quantitative estimate of drug-likeness (QED) is 0.905. The molecule has 134 valence electrons. The van der Waals surface area contributed by atoms with E-state index < -0.39 is 0 Å². The highest BCUT2D eigenvalue weighted by molar-refractivity contribution is 6.05. The SMILES string of the molecule is Cn1nc(C(=O)N2CC3(CCOCC3)CCC2CO)c2ccccc21. The first kappa shape index (κ1) is 16.5. The van der Waals surface area contributed by atoms with Crippen molar-refractivity contribution >= 4 is 16.8 Å². The van der Waals surface area contributed by atoms with Gasteiger partial charge < -0.3 is 14.7 Å². The summed E-state index contributed by atoms with van der Waals surface area (Å²) >= 11 is 0. The highest BCUT2D eigenvalue weighted by Crippen LogP contribution is 2.41. The number of aromatic nitrogens is 2. The molecule has 1 aromatic carbocycles. The number of benzene rings is 1. The molecule has 0 saturated carbocycles. The molecule has 6 nitrogen and oxygen atoms in total. The zero-order valence-electron chi connectivity index (χ0n) is 14.6. The summed E-state index contributed by atoms with van der Waals surface area (Å²) in [6.45, 7) is 2.21. The molecule has 0 bridgehead atoms. The van der Waals surface area contributed by atoms with Crippen molar-refractivity contribution in [3.05, 3.63) is 30.0 Å². The fourth-order valence-electron chi connectivity index (χ4n) is 4.35. The minimum Gasteiger partial charge on any atom is -0.394 e. The number of aryl methyl sites for hydroxylation is 1. The second kappa shape index (κ2) is 6.42. The third-order valence-corrected chi connectivity index (χ3v) is 5.94. The van der Waals surface area contributed by atoms with Crippen LogP contribution in [0.2, 0.25) is 0 Å². The Balaban J connectivity index is 1.68. The average Bonchev–Trinajstić information content (AvgIpc) is 2.99. The summed E-state index contributed by atoms with van der Waals surface area (Å²) in [5.41, 5.74) is 1.56. The summed E-state index contributed by atoms with van der Waals surface area (Å²) in [5, 5.41) is 15.2. The zero-order chi connectivity index (χ0) is 17.4. The Bertz CT molecular complexity index is 779. The molecule has 2 saturated heterocycles. The van der Waals surface area contributed by atoms with Crippen LogP contribution in [0.15, 0.2) is 24.3 Å². The van der Waals surface area contributed by atoms with Crippen LogP contribution in [0.3, 0.4) is 0 Å². The molecule has 1 aromatic heterocycles. The average molecular weight is 343 g/mol. The molecule has 0 radical (unpaired) electrons. The number of aliphatic hydroxyl groups is 1. The Morgan fingerprint density at radius 3 is 2.84 bits per heavy atom. The molecule has 4 rings (SSSR count). The van der Waals surface area contributed by atoms with Gasteiger partial charge in [0, 0.05) is 32.2 Å². The van der Waals surface area contributed by atoms with Gasteiger partial charge in [-0.05, 0) is 37.2 Å². The standard InChI is InChI=1S/C19H25N3O3/c1-21-16-5-3-2-4-15(16)17(20-21)18(24)22-13-19(7-6-14(22)12-23)8-10-25-11-9-19/h2-5,14,23H,6-13H2,1H3. The largest absolute Gasteiger partial charge is 0.394 e. The van der Waals surface area contributed by atoms with Crippen LogP contribution < -0.4 is 0 Å². The van der Waals surface area contributed by atoms with Crippen molar-refractivity contribution in [1.29, 1.82) is 0 Å². The third kappa shape index (κ3) is 2.83. The molecule has 3 heterocycles. The van der Waals surface area contributed by atoms with Gasteiger partial charge in [0.1, 0.15) is 0 Å². The van der Waals surface area contributed by atoms with Gasteiger partial charge in [-0.15, -0.1) is 0 Å². The molecule has 6 heteroatoms. The van der Waals surface area contributed by atoms with Crippen LogP contribution in [-0.2, 0) is 11.8 Å². The fraction of sp³-hybridized carbons (Fsp3) is 0.579. The van der Waals surface area contributed by atoms with E-state index in [9.17, 15) is 9.90 Å². The topological polar surface area (TPSA) is 67.6 Å². The molecule has 2 fully saturated rings. The Hall–Kier alpha value is -1.92. The third-order valence-electron chi connectivity index (χ3n) is 5.94. The Labute approximate surface area is 147 Å². The van der Waals surface area contributed by atoms with Crippen molar-refractivity contribution in [1.82, 2.24) is 14.7 Å². The lowest BCUT2D eigenvalue weighted by Crippen LogP contribution is -2.54. The van der Waals surface area contributed by atoms with Gasteiger partial charge >= 0.3 is 0 Å². The molecule has 0 aliphatic carbocycles. The van der Waals surface area contributed by atoms with Gasteiger partial charge in [0.05, 0.1) is 18.2 Å². The summed E-state index contributed by atoms with van der Waals surface area (Å²) in [7, 11) is 1.86. The first-order valence-corrected chi connectivity index (χ1v) is 9.05. The summed E-state index contributed by atoms with van der Waals surface area (Å²) in [6, 6.07) is 7.67. The van der Waals surface area contributed by atoms with Gasteiger partial charge in [0.15, 0.2) is 5.69 Å². The second-order valence-corrected chi connectivity index (χ2v) is 7.41. The van der Waals surface area contributed by atoms with E-state index in [4.69, 9.17) is 4.74 Å². The van der Waals surface area contributed by atoms with Crippen LogP contribution in [0.4, 0.5) is 0 Å². The van der Waals surface area contributed by atoms with E-state index in [1.807, 2.05) is 36.2 Å². The maximum atomic E-state index is 13.3. The Morgan fingerprint density at radius 1 is 1.32 bits per heavy atom. The molecule has 2 aromatic rings. The van der Waals surface area contributed by atoms with Crippen molar-refractivity contribution in [2.24, 2.45) is 12.5 Å². The van der Waals surface area contributed by atoms with Crippen LogP contribution in [0.5, 0.6) is 0 Å². The highest BCUT2D eigenvalue weighted by atomic mass is 16.5. The molecule has 1 amide bonds. The molecule has 1 atom stereocenters. The molecular weight excluding hydrogens is 318 g/mol. The van der Waals surface area contributed by atoms with E-state index in [-0.39, 0.29) is 24.0 Å². The van der Waals surface area contributed by atoms with Crippen molar-refractivity contribution in [3.63, 3.8) is 0 Å². The molecule has 25 heavy (non-hydrogen) atoms. The van der Waals surface area contributed by atoms with Gasteiger partial charge in [0.25, 0.3) is 5.91 Å². The number of para-hydroxylation sites is 1. The summed E-state index contributed by atoms with van der Waals surface area (Å²) < 4.78 is 7.28. The summed E-state index contributed by atoms with van der Waals surface area (Å²) in [5.74, 6) is -0.0681. The molecule has 1 N–H and O–H groups in total. The van der Waals surface area contributed by atoms with Crippen LogP contribution in [0.25, 0.3) is 10.9 Å². The van der Waals surface area contributed by atoms with Gasteiger partial charge in [-0.1, -0.05) is 18.2 Å². The normalized spacial score (nSPS) is 23.3. The van der Waals surface area contributed by atoms with Gasteiger partial charge in [-0.2, -0.15) is 5.10 Å². The Kier molecular flexibility index (Phi) is 4.25. The number of nitrogens with zero attached hydrogens (tertiary/aromatic N) is 3. The van der Waals surface area contributed by atoms with E-state index in [0.29, 0.717) is 12.2 Å². The van der Waals surface area contributed by atoms with Crippen molar-refractivity contribution in [2.45, 2.75) is 31.7 Å². The van der Waals surface area contributed by atoms with E-state index in [1.165, 1.54) is 0 Å². The summed E-state index contributed by atoms with van der Waals surface area (Å²) in [4.78, 5) is 15.2. The van der Waals surface area contributed by atoms with Gasteiger partial charge in [-0.3, -0.25) is 9.48 Å². The van der Waals surface area contributed by atoms with Crippen LogP contribution in [-0.4, -0.2) is 58.1 Å². The molecular formula is C19H25N3O3. The number of hydrogen-bond donors (Lipinski definition) is 1. The minimum atomic E-state index is -0.123. The van der Waals surface area contributed by atoms with Crippen molar-refractivity contribution < 1.29 is 14.6 Å². The maximum Gasteiger partial charge on any atom is 0.275 e. The Morgan fingerprint density at radius 2 is 2.08 bits per heavy atom. The number of hydrogen-bond acceptors (Lipinski definition) is 4. The fourth-order valence-corrected chi connectivity index (χ4v) is 4.35. The molecule has 2 aliphatic rings. The first-order valence-electron chi connectivity index (χ1n) is 9.05. The van der Waals surface area contributed by atoms with Crippen molar-refractivity contribution in [2.75, 3.05) is 26.4 Å². The predicted molar refractivity (Wildman–Crippen MR) is 94.3 cm³/mol. The van der Waals surface area contributed by atoms with E-state index in [1.54, 1.807) is 4.68 Å². The van der Waals surface area contributed by atoms with Crippen molar-refractivity contribution in [3.8, 4) is 0 Å². The van der Waals surface area contributed by atoms with Crippen LogP contribution in [0, 0.1) is 5.41 Å². The molecule has 1 spiro atoms. The number of carbonyl (C=O) groups excluding carboxylic acids is 1. The van der Waals surface area contributed by atoms with Gasteiger partial charge in [0.2, 0.25) is 0 Å². The highest BCUT2D eigenvalue weighted by Gasteiger charge is 2.43. The zero-order valence-corrected chi connectivity index (χ0v) is 14.6. The van der Waals surface area contributed by atoms with E-state index in [0.717, 1.165) is 49.8 Å². The molecule has 1 unspecified atom stereocenters.